The molecule has 0 aromatic heterocycles. The van der Waals surface area contributed by atoms with Gasteiger partial charge in [-0.25, -0.2) is 0 Å². The first-order chi connectivity index (χ1) is 15.3. The van der Waals surface area contributed by atoms with Gasteiger partial charge in [-0.15, -0.1) is 0 Å². The molecule has 2 aliphatic heterocycles. The minimum absolute atomic E-state index is 0.0792. The molecule has 0 radical (unpaired) electrons. The molecule has 0 spiro atoms. The van der Waals surface area contributed by atoms with Crippen LogP contribution in [0.3, 0.4) is 0 Å². The van der Waals surface area contributed by atoms with Gasteiger partial charge in [0.1, 0.15) is 6.04 Å². The number of amides is 2. The van der Waals surface area contributed by atoms with Crippen LogP contribution in [0.4, 0.5) is 0 Å². The van der Waals surface area contributed by atoms with Crippen LogP contribution in [0.5, 0.6) is 0 Å². The number of rotatable bonds is 9. The molecule has 0 unspecified atom stereocenters. The molecule has 2 atom stereocenters. The molecule has 172 valence electrons. The van der Waals surface area contributed by atoms with Gasteiger partial charge in [-0.1, -0.05) is 44.2 Å². The third-order valence-corrected chi connectivity index (χ3v) is 6.22. The monoisotopic (exact) mass is 439 g/mol. The number of nitrogens with zero attached hydrogens (tertiary/aromatic N) is 3. The van der Waals surface area contributed by atoms with Crippen molar-refractivity contribution < 1.29 is 19.5 Å². The van der Waals surface area contributed by atoms with E-state index in [1.807, 2.05) is 62.2 Å². The van der Waals surface area contributed by atoms with Crippen LogP contribution < -0.4 is 0 Å². The molecule has 2 amide bonds. The number of piperazine rings is 1. The number of benzene rings is 1. The summed E-state index contributed by atoms with van der Waals surface area (Å²) < 4.78 is 0. The van der Waals surface area contributed by atoms with E-state index in [0.29, 0.717) is 32.5 Å². The second kappa shape index (κ2) is 10.6. The maximum Gasteiger partial charge on any atom is 0.307 e. The topological polar surface area (TPSA) is 90.3 Å². The molecule has 2 heterocycles. The molecule has 1 aromatic carbocycles. The van der Waals surface area contributed by atoms with Gasteiger partial charge in [0.25, 0.3) is 0 Å². The second-order valence-electron chi connectivity index (χ2n) is 9.13. The number of carboxylic acid groups (broad SMARTS) is 1. The maximum atomic E-state index is 13.5. The van der Waals surface area contributed by atoms with Crippen LogP contribution in [0.25, 0.3) is 0 Å². The van der Waals surface area contributed by atoms with Gasteiger partial charge in [0.15, 0.2) is 0 Å². The highest BCUT2D eigenvalue weighted by Gasteiger charge is 2.39. The molecule has 7 nitrogen and oxygen atoms in total. The average molecular weight is 440 g/mol. The van der Waals surface area contributed by atoms with Crippen molar-refractivity contribution in [3.05, 3.63) is 47.2 Å². The van der Waals surface area contributed by atoms with Gasteiger partial charge in [0.05, 0.1) is 5.92 Å². The van der Waals surface area contributed by atoms with E-state index in [-0.39, 0.29) is 24.2 Å². The smallest absolute Gasteiger partial charge is 0.307 e. The first kappa shape index (κ1) is 23.7. The van der Waals surface area contributed by atoms with Crippen molar-refractivity contribution >= 4 is 24.0 Å². The maximum absolute atomic E-state index is 13.5. The summed E-state index contributed by atoms with van der Waals surface area (Å²) in [4.78, 5) is 46.1. The first-order valence-electron chi connectivity index (χ1n) is 11.3. The standard InChI is InChI=1S/C25H33N3O4/c1-17(2)13-21(25(31)32)15-23(29)28-12-11-27(16-20-9-10-26-18(20)3)24(30)22(28)14-19-7-5-4-6-8-19/h4-8,10,17,21-22H,9,11-16H2,1-3H3,(H,31,32)/t21-,22+/m1/s1. The summed E-state index contributed by atoms with van der Waals surface area (Å²) in [5.41, 5.74) is 3.05. The normalized spacial score (nSPS) is 19.8. The Balaban J connectivity index is 1.79. The lowest BCUT2D eigenvalue weighted by Crippen LogP contribution is -2.60. The van der Waals surface area contributed by atoms with E-state index in [1.165, 1.54) is 0 Å². The molecule has 0 bridgehead atoms. The number of carbonyl (C=O) groups excluding carboxylic acids is 2. The van der Waals surface area contributed by atoms with E-state index >= 15 is 0 Å². The third kappa shape index (κ3) is 5.84. The van der Waals surface area contributed by atoms with Crippen molar-refractivity contribution in [3.63, 3.8) is 0 Å². The van der Waals surface area contributed by atoms with E-state index in [0.717, 1.165) is 23.3 Å². The number of carboxylic acids is 1. The Kier molecular flexibility index (Phi) is 7.83. The quantitative estimate of drug-likeness (QED) is 0.640. The Bertz CT molecular complexity index is 907. The van der Waals surface area contributed by atoms with Crippen LogP contribution in [0.15, 0.2) is 46.6 Å². The number of hydrogen-bond donors (Lipinski definition) is 1. The summed E-state index contributed by atoms with van der Waals surface area (Å²) in [6.45, 7) is 7.21. The minimum atomic E-state index is -0.958. The van der Waals surface area contributed by atoms with Crippen molar-refractivity contribution in [3.8, 4) is 0 Å². The number of carbonyl (C=O) groups is 3. The number of allylic oxidation sites excluding steroid dienone is 1. The fourth-order valence-electron chi connectivity index (χ4n) is 4.44. The Morgan fingerprint density at radius 2 is 1.91 bits per heavy atom. The molecular weight excluding hydrogens is 406 g/mol. The van der Waals surface area contributed by atoms with Gasteiger partial charge >= 0.3 is 5.97 Å². The van der Waals surface area contributed by atoms with Gasteiger partial charge in [-0.2, -0.15) is 0 Å². The van der Waals surface area contributed by atoms with Crippen molar-refractivity contribution in [2.75, 3.05) is 19.6 Å². The predicted octanol–water partition coefficient (Wildman–Crippen LogP) is 3.15. The van der Waals surface area contributed by atoms with Crippen LogP contribution in [0.2, 0.25) is 0 Å². The van der Waals surface area contributed by atoms with Gasteiger partial charge in [-0.3, -0.25) is 19.4 Å². The minimum Gasteiger partial charge on any atom is -0.481 e. The Morgan fingerprint density at radius 1 is 1.19 bits per heavy atom. The van der Waals surface area contributed by atoms with Crippen LogP contribution in [-0.4, -0.2) is 64.6 Å². The van der Waals surface area contributed by atoms with Crippen molar-refractivity contribution in [2.24, 2.45) is 16.8 Å². The van der Waals surface area contributed by atoms with E-state index < -0.39 is 17.9 Å². The highest BCUT2D eigenvalue weighted by molar-refractivity contribution is 5.90. The molecule has 3 rings (SSSR count). The zero-order valence-electron chi connectivity index (χ0n) is 19.2. The molecule has 7 heteroatoms. The highest BCUT2D eigenvalue weighted by Crippen LogP contribution is 2.24. The van der Waals surface area contributed by atoms with Gasteiger partial charge < -0.3 is 14.9 Å². The molecule has 1 saturated heterocycles. The Hall–Kier alpha value is -2.96. The zero-order valence-corrected chi connectivity index (χ0v) is 19.2. The number of hydrogen-bond acceptors (Lipinski definition) is 4. The molecule has 1 aromatic rings. The van der Waals surface area contributed by atoms with Crippen molar-refractivity contribution in [1.82, 2.24) is 9.80 Å². The van der Waals surface area contributed by atoms with Gasteiger partial charge in [-0.05, 0) is 30.4 Å². The SMILES string of the molecule is CC1=C(CN2CCN(C(=O)C[C@@H](CC(C)C)C(=O)O)[C@@H](Cc3ccccc3)C2=O)CC=N1. The van der Waals surface area contributed by atoms with Crippen molar-refractivity contribution in [2.45, 2.75) is 52.5 Å². The molecule has 2 aliphatic rings. The summed E-state index contributed by atoms with van der Waals surface area (Å²) >= 11 is 0. The Labute approximate surface area is 189 Å². The fraction of sp³-hybridized carbons (Fsp3) is 0.520. The van der Waals surface area contributed by atoms with Crippen LogP contribution in [0.1, 0.15) is 45.6 Å². The molecule has 32 heavy (non-hydrogen) atoms. The summed E-state index contributed by atoms with van der Waals surface area (Å²) in [5, 5.41) is 9.59. The second-order valence-corrected chi connectivity index (χ2v) is 9.13. The first-order valence-corrected chi connectivity index (χ1v) is 11.3. The summed E-state index contributed by atoms with van der Waals surface area (Å²) in [7, 11) is 0. The van der Waals surface area contributed by atoms with E-state index in [9.17, 15) is 19.5 Å². The zero-order chi connectivity index (χ0) is 23.3. The summed E-state index contributed by atoms with van der Waals surface area (Å²) in [6, 6.07) is 9.02. The average Bonchev–Trinajstić information content (AvgIpc) is 3.15. The summed E-state index contributed by atoms with van der Waals surface area (Å²) in [6.07, 6.45) is 3.38. The lowest BCUT2D eigenvalue weighted by molar-refractivity contribution is -0.153. The van der Waals surface area contributed by atoms with Crippen LogP contribution >= 0.6 is 0 Å². The molecule has 1 N–H and O–H groups in total. The fourth-order valence-corrected chi connectivity index (χ4v) is 4.44. The lowest BCUT2D eigenvalue weighted by Gasteiger charge is -2.41. The number of aliphatic imine (C=N–C) groups is 1. The van der Waals surface area contributed by atoms with Crippen LogP contribution in [-0.2, 0) is 20.8 Å². The Morgan fingerprint density at radius 3 is 2.50 bits per heavy atom. The highest BCUT2D eigenvalue weighted by atomic mass is 16.4. The lowest BCUT2D eigenvalue weighted by atomic mass is 9.92. The van der Waals surface area contributed by atoms with E-state index in [1.54, 1.807) is 4.90 Å². The van der Waals surface area contributed by atoms with Gasteiger partial charge in [0, 0.05) is 50.8 Å². The van der Waals surface area contributed by atoms with Crippen molar-refractivity contribution in [1.29, 1.82) is 0 Å². The molecule has 0 aliphatic carbocycles. The van der Waals surface area contributed by atoms with Gasteiger partial charge in [0.2, 0.25) is 11.8 Å². The summed E-state index contributed by atoms with van der Waals surface area (Å²) in [5.74, 6) is -1.87. The largest absolute Gasteiger partial charge is 0.481 e. The molecular formula is C25H33N3O4. The molecule has 0 saturated carbocycles. The van der Waals surface area contributed by atoms with E-state index in [2.05, 4.69) is 4.99 Å². The third-order valence-electron chi connectivity index (χ3n) is 6.22. The van der Waals surface area contributed by atoms with Crippen LogP contribution in [0, 0.1) is 11.8 Å². The van der Waals surface area contributed by atoms with E-state index in [4.69, 9.17) is 0 Å². The number of aliphatic carboxylic acids is 1. The predicted molar refractivity (Wildman–Crippen MR) is 123 cm³/mol. The molecule has 1 fully saturated rings.